The normalized spacial score (nSPS) is 12.3. The van der Waals surface area contributed by atoms with E-state index in [2.05, 4.69) is 0 Å². The number of hydrogen-bond acceptors (Lipinski definition) is 2. The molecule has 0 amide bonds. The quantitative estimate of drug-likeness (QED) is 0.572. The van der Waals surface area contributed by atoms with Gasteiger partial charge < -0.3 is 0 Å². The molecule has 0 N–H and O–H groups in total. The summed E-state index contributed by atoms with van der Waals surface area (Å²) < 4.78 is 38.6. The summed E-state index contributed by atoms with van der Waals surface area (Å²) in [5, 5.41) is 0. The van der Waals surface area contributed by atoms with Crippen LogP contribution in [-0.2, 0) is 4.79 Å². The maximum Gasteiger partial charge on any atom is 0.220 e. The topological polar surface area (TPSA) is 34.1 Å². The van der Waals surface area contributed by atoms with E-state index < -0.39 is 34.9 Å². The first-order chi connectivity index (χ1) is 6.93. The zero-order valence-electron chi connectivity index (χ0n) is 7.76. The van der Waals surface area contributed by atoms with Crippen LogP contribution in [0, 0.1) is 11.6 Å². The summed E-state index contributed by atoms with van der Waals surface area (Å²) in [6.07, 6.45) is -2.44. The number of carbonyl (C=O) groups excluding carboxylic acids is 2. The standard InChI is InChI=1S/C10H7F3O2/c1-5(14)9(13)10(15)7-4-6(11)2-3-8(7)12/h2-4,9H,1H3. The Labute approximate surface area is 83.7 Å². The Bertz CT molecular complexity index is 415. The van der Waals surface area contributed by atoms with Crippen molar-refractivity contribution in [1.82, 2.24) is 0 Å². The van der Waals surface area contributed by atoms with Gasteiger partial charge in [-0.05, 0) is 25.1 Å². The van der Waals surface area contributed by atoms with Gasteiger partial charge in [0.05, 0.1) is 5.56 Å². The number of alkyl halides is 1. The van der Waals surface area contributed by atoms with Gasteiger partial charge in [0, 0.05) is 0 Å². The Kier molecular flexibility index (Phi) is 3.24. The fraction of sp³-hybridized carbons (Fsp3) is 0.200. The molecule has 0 heterocycles. The Morgan fingerprint density at radius 1 is 1.27 bits per heavy atom. The van der Waals surface area contributed by atoms with E-state index in [9.17, 15) is 22.8 Å². The number of ketones is 2. The molecule has 0 bridgehead atoms. The summed E-state index contributed by atoms with van der Waals surface area (Å²) in [5.74, 6) is -4.32. The lowest BCUT2D eigenvalue weighted by atomic mass is 10.0. The molecule has 0 aliphatic rings. The minimum absolute atomic E-state index is 0.563. The Hall–Kier alpha value is -1.65. The molecule has 0 saturated heterocycles. The zero-order valence-corrected chi connectivity index (χ0v) is 7.76. The van der Waals surface area contributed by atoms with Gasteiger partial charge in [0.1, 0.15) is 11.6 Å². The van der Waals surface area contributed by atoms with Crippen molar-refractivity contribution in [2.45, 2.75) is 13.1 Å². The van der Waals surface area contributed by atoms with Crippen molar-refractivity contribution in [3.8, 4) is 0 Å². The molecule has 0 aliphatic heterocycles. The SMILES string of the molecule is CC(=O)C(F)C(=O)c1cc(F)ccc1F. The average molecular weight is 216 g/mol. The van der Waals surface area contributed by atoms with Gasteiger partial charge in [-0.15, -0.1) is 0 Å². The monoisotopic (exact) mass is 216 g/mol. The van der Waals surface area contributed by atoms with Crippen LogP contribution in [0.4, 0.5) is 13.2 Å². The predicted molar refractivity (Wildman–Crippen MR) is 46.3 cm³/mol. The highest BCUT2D eigenvalue weighted by Crippen LogP contribution is 2.13. The molecule has 0 aromatic heterocycles. The molecule has 1 unspecified atom stereocenters. The second-order valence-electron chi connectivity index (χ2n) is 2.96. The highest BCUT2D eigenvalue weighted by molar-refractivity contribution is 6.12. The van der Waals surface area contributed by atoms with E-state index in [4.69, 9.17) is 0 Å². The van der Waals surface area contributed by atoms with Crippen LogP contribution in [0.2, 0.25) is 0 Å². The molecule has 0 spiro atoms. The summed E-state index contributed by atoms with van der Waals surface area (Å²) in [6, 6.07) is 2.07. The van der Waals surface area contributed by atoms with Gasteiger partial charge in [0.15, 0.2) is 5.78 Å². The molecule has 1 aromatic carbocycles. The summed E-state index contributed by atoms with van der Waals surface area (Å²) in [6.45, 7) is 0.861. The van der Waals surface area contributed by atoms with Crippen LogP contribution in [0.1, 0.15) is 17.3 Å². The number of rotatable bonds is 3. The van der Waals surface area contributed by atoms with Crippen LogP contribution in [-0.4, -0.2) is 17.7 Å². The van der Waals surface area contributed by atoms with E-state index in [0.29, 0.717) is 12.1 Å². The molecule has 0 fully saturated rings. The largest absolute Gasteiger partial charge is 0.296 e. The lowest BCUT2D eigenvalue weighted by Gasteiger charge is -2.04. The van der Waals surface area contributed by atoms with Gasteiger partial charge in [0.25, 0.3) is 0 Å². The first kappa shape index (κ1) is 11.4. The van der Waals surface area contributed by atoms with E-state index in [1.807, 2.05) is 0 Å². The van der Waals surface area contributed by atoms with Crippen molar-refractivity contribution in [1.29, 1.82) is 0 Å². The molecular weight excluding hydrogens is 209 g/mol. The molecule has 80 valence electrons. The van der Waals surface area contributed by atoms with Crippen molar-refractivity contribution in [2.75, 3.05) is 0 Å². The van der Waals surface area contributed by atoms with Gasteiger partial charge in [-0.3, -0.25) is 9.59 Å². The first-order valence-corrected chi connectivity index (χ1v) is 4.07. The number of Topliss-reactive ketones (excluding diaryl/α,β-unsaturated/α-hetero) is 2. The molecule has 5 heteroatoms. The predicted octanol–water partition coefficient (Wildman–Crippen LogP) is 2.07. The van der Waals surface area contributed by atoms with Gasteiger partial charge >= 0.3 is 0 Å². The number of benzene rings is 1. The van der Waals surface area contributed by atoms with E-state index in [-0.39, 0.29) is 0 Å². The van der Waals surface area contributed by atoms with Crippen LogP contribution in [0.25, 0.3) is 0 Å². The van der Waals surface area contributed by atoms with Crippen molar-refractivity contribution in [3.63, 3.8) is 0 Å². The van der Waals surface area contributed by atoms with Crippen LogP contribution < -0.4 is 0 Å². The lowest BCUT2D eigenvalue weighted by molar-refractivity contribution is -0.120. The summed E-state index contributed by atoms with van der Waals surface area (Å²) in [5.41, 5.74) is -0.752. The first-order valence-electron chi connectivity index (χ1n) is 4.07. The Morgan fingerprint density at radius 2 is 1.87 bits per heavy atom. The minimum Gasteiger partial charge on any atom is -0.296 e. The summed E-state index contributed by atoms with van der Waals surface area (Å²) in [7, 11) is 0. The Morgan fingerprint density at radius 3 is 2.40 bits per heavy atom. The lowest BCUT2D eigenvalue weighted by Crippen LogP contribution is -2.24. The molecule has 0 radical (unpaired) electrons. The summed E-state index contributed by atoms with van der Waals surface area (Å²) in [4.78, 5) is 21.7. The van der Waals surface area contributed by atoms with Crippen molar-refractivity contribution in [3.05, 3.63) is 35.4 Å². The van der Waals surface area contributed by atoms with E-state index in [1.165, 1.54) is 0 Å². The van der Waals surface area contributed by atoms with Crippen molar-refractivity contribution >= 4 is 11.6 Å². The highest BCUT2D eigenvalue weighted by atomic mass is 19.1. The molecule has 1 atom stereocenters. The zero-order chi connectivity index (χ0) is 11.6. The highest BCUT2D eigenvalue weighted by Gasteiger charge is 2.26. The molecule has 1 aromatic rings. The third-order valence-corrected chi connectivity index (χ3v) is 1.78. The molecule has 1 rings (SSSR count). The van der Waals surface area contributed by atoms with Gasteiger partial charge in [0.2, 0.25) is 12.0 Å². The van der Waals surface area contributed by atoms with E-state index in [1.54, 1.807) is 0 Å². The number of halogens is 3. The second-order valence-corrected chi connectivity index (χ2v) is 2.96. The van der Waals surface area contributed by atoms with Gasteiger partial charge in [-0.25, -0.2) is 13.2 Å². The van der Waals surface area contributed by atoms with Crippen molar-refractivity contribution in [2.24, 2.45) is 0 Å². The molecular formula is C10H7F3O2. The molecule has 15 heavy (non-hydrogen) atoms. The summed E-state index contributed by atoms with van der Waals surface area (Å²) >= 11 is 0. The fourth-order valence-corrected chi connectivity index (χ4v) is 1.01. The maximum absolute atomic E-state index is 13.0. The minimum atomic E-state index is -2.44. The van der Waals surface area contributed by atoms with Crippen LogP contribution in [0.15, 0.2) is 18.2 Å². The van der Waals surface area contributed by atoms with Crippen molar-refractivity contribution < 1.29 is 22.8 Å². The third-order valence-electron chi connectivity index (χ3n) is 1.78. The van der Waals surface area contributed by atoms with Crippen LogP contribution >= 0.6 is 0 Å². The van der Waals surface area contributed by atoms with Crippen LogP contribution in [0.5, 0.6) is 0 Å². The van der Waals surface area contributed by atoms with Gasteiger partial charge in [-0.1, -0.05) is 0 Å². The van der Waals surface area contributed by atoms with E-state index >= 15 is 0 Å². The maximum atomic E-state index is 13.0. The number of hydrogen-bond donors (Lipinski definition) is 0. The molecule has 2 nitrogen and oxygen atoms in total. The van der Waals surface area contributed by atoms with Gasteiger partial charge in [-0.2, -0.15) is 0 Å². The molecule has 0 saturated carbocycles. The molecule has 0 aliphatic carbocycles. The smallest absolute Gasteiger partial charge is 0.220 e. The van der Waals surface area contributed by atoms with Crippen LogP contribution in [0.3, 0.4) is 0 Å². The third kappa shape index (κ3) is 2.43. The van der Waals surface area contributed by atoms with E-state index in [0.717, 1.165) is 13.0 Å². The Balaban J connectivity index is 3.11. The average Bonchev–Trinajstić information content (AvgIpc) is 2.19. The fourth-order valence-electron chi connectivity index (χ4n) is 1.01. The number of carbonyl (C=O) groups is 2. The second kappa shape index (κ2) is 4.25.